The molecule has 0 saturated heterocycles. The number of allylic oxidation sites excluding steroid dienone is 32. The van der Waals surface area contributed by atoms with Gasteiger partial charge in [-0.25, -0.2) is 4.57 Å². The molecule has 2 unspecified atom stereocenters. The van der Waals surface area contributed by atoms with Gasteiger partial charge in [-0.1, -0.05) is 234 Å². The molecule has 0 bridgehead atoms. The van der Waals surface area contributed by atoms with Crippen LogP contribution >= 0.6 is 7.82 Å². The molecule has 0 rings (SSSR count). The second-order valence-electron chi connectivity index (χ2n) is 21.0. The Bertz CT molecular complexity index is 2080. The van der Waals surface area contributed by atoms with Crippen LogP contribution in [0.1, 0.15) is 194 Å². The molecule has 1 N–H and O–H groups in total. The van der Waals surface area contributed by atoms with E-state index >= 15 is 0 Å². The van der Waals surface area contributed by atoms with Gasteiger partial charge in [-0.2, -0.15) is 0 Å². The van der Waals surface area contributed by atoms with Gasteiger partial charge in [0.2, 0.25) is 0 Å². The molecule has 82 heavy (non-hydrogen) atoms. The summed E-state index contributed by atoms with van der Waals surface area (Å²) in [5, 5.41) is 0. The highest BCUT2D eigenvalue weighted by Gasteiger charge is 2.27. The van der Waals surface area contributed by atoms with Crippen LogP contribution in [0.5, 0.6) is 0 Å². The van der Waals surface area contributed by atoms with Crippen molar-refractivity contribution in [1.82, 2.24) is 0 Å². The van der Waals surface area contributed by atoms with Crippen molar-refractivity contribution < 1.29 is 42.1 Å². The van der Waals surface area contributed by atoms with Crippen molar-refractivity contribution in [3.05, 3.63) is 194 Å². The Morgan fingerprint density at radius 2 is 0.659 bits per heavy atom. The second-order valence-corrected chi connectivity index (χ2v) is 22.4. The smallest absolute Gasteiger partial charge is 0.462 e. The zero-order valence-corrected chi connectivity index (χ0v) is 52.8. The Morgan fingerprint density at radius 3 is 1.00 bits per heavy atom. The van der Waals surface area contributed by atoms with Gasteiger partial charge in [0, 0.05) is 12.8 Å². The van der Waals surface area contributed by atoms with E-state index in [9.17, 15) is 19.0 Å². The summed E-state index contributed by atoms with van der Waals surface area (Å²) in [4.78, 5) is 35.8. The minimum Gasteiger partial charge on any atom is -0.462 e. The lowest BCUT2D eigenvalue weighted by Crippen LogP contribution is -2.37. The Kier molecular flexibility index (Phi) is 56.6. The Labute approximate surface area is 501 Å². The van der Waals surface area contributed by atoms with Crippen LogP contribution in [0.4, 0.5) is 0 Å². The van der Waals surface area contributed by atoms with Crippen molar-refractivity contribution in [2.75, 3.05) is 47.5 Å². The molecule has 0 aromatic carbocycles. The summed E-state index contributed by atoms with van der Waals surface area (Å²) >= 11 is 0. The van der Waals surface area contributed by atoms with E-state index in [0.717, 1.165) is 154 Å². The van der Waals surface area contributed by atoms with Gasteiger partial charge < -0.3 is 18.9 Å². The molecule has 0 aliphatic heterocycles. The van der Waals surface area contributed by atoms with Crippen molar-refractivity contribution in [2.24, 2.45) is 0 Å². The van der Waals surface area contributed by atoms with E-state index in [4.69, 9.17) is 18.5 Å². The summed E-state index contributed by atoms with van der Waals surface area (Å²) < 4.78 is 34.5. The predicted octanol–water partition coefficient (Wildman–Crippen LogP) is 20.1. The maximum absolute atomic E-state index is 12.8. The standard InChI is InChI=1S/C72H112NO8P/c1-6-8-10-12-14-16-18-20-22-24-26-28-30-32-33-34-35-36-37-38-39-41-43-45-47-49-51-53-55-57-59-61-63-65-72(75)81-70(69-80-82(76,77)79-67-66-73(3,4)5)68-78-71(74)64-62-60-58-56-54-52-50-48-46-44-42-40-31-29-27-25-23-21-19-17-15-13-11-9-7-2/h8-11,14-17,20-23,26-29,32-33,35-36,38-40,42-43,45-46,48-49,51,55,57,70H,6-7,12-13,18-19,24-25,30-31,34,37,41,44,47,50,52-54,56,58-69H2,1-5H3/p+1/b10-8-,11-9-,16-14-,17-15-,22-20-,23-21-,28-26-,29-27-,33-32-,36-35-,39-38-,42-40-,45-43-,48-46-,51-49-,57-55-. The molecule has 0 aliphatic carbocycles. The van der Waals surface area contributed by atoms with E-state index in [-0.39, 0.29) is 26.1 Å². The molecule has 0 fully saturated rings. The van der Waals surface area contributed by atoms with Crippen molar-refractivity contribution in [2.45, 2.75) is 200 Å². The van der Waals surface area contributed by atoms with E-state index in [0.29, 0.717) is 23.9 Å². The van der Waals surface area contributed by atoms with Crippen LogP contribution in [-0.4, -0.2) is 74.9 Å². The number of hydrogen-bond acceptors (Lipinski definition) is 7. The van der Waals surface area contributed by atoms with Crippen LogP contribution in [0, 0.1) is 0 Å². The average Bonchev–Trinajstić information content (AvgIpc) is 3.46. The van der Waals surface area contributed by atoms with Crippen LogP contribution in [0.15, 0.2) is 194 Å². The number of phosphoric ester groups is 1. The first kappa shape index (κ1) is 76.9. The lowest BCUT2D eigenvalue weighted by atomic mass is 10.1. The number of phosphoric acid groups is 1. The van der Waals surface area contributed by atoms with Gasteiger partial charge in [0.15, 0.2) is 6.10 Å². The average molecular weight is 1150 g/mol. The molecule has 10 heteroatoms. The topological polar surface area (TPSA) is 108 Å². The monoisotopic (exact) mass is 1150 g/mol. The van der Waals surface area contributed by atoms with E-state index in [1.165, 1.54) is 0 Å². The van der Waals surface area contributed by atoms with Crippen molar-refractivity contribution in [3.8, 4) is 0 Å². The number of unbranched alkanes of at least 4 members (excludes halogenated alkanes) is 8. The fraction of sp³-hybridized carbons (Fsp3) is 0.528. The SMILES string of the molecule is CC/C=C\C/C=C\C/C=C\C/C=C\C/C=C\C/C=C\C/C=C\C/C=C\C/C=C\C/C=C\CCCCC(=O)OC(COC(=O)CCCCCCCC/C=C\C/C=C\C/C=C\C/C=C\C/C=C\C/C=C\CC)COP(=O)(O)OCC[N+](C)(C)C. The number of carbonyl (C=O) groups excluding carboxylic acids is 2. The molecule has 0 saturated carbocycles. The van der Waals surface area contributed by atoms with Gasteiger partial charge in [-0.15, -0.1) is 0 Å². The van der Waals surface area contributed by atoms with E-state index in [1.807, 2.05) is 21.1 Å². The number of likely N-dealkylation sites (N-methyl/N-ethyl adjacent to an activating group) is 1. The quantitative estimate of drug-likeness (QED) is 0.0211. The fourth-order valence-electron chi connectivity index (χ4n) is 7.40. The molecule has 0 aliphatic rings. The molecular formula is C72H113NO8P+. The molecule has 0 amide bonds. The number of rotatable bonds is 54. The highest BCUT2D eigenvalue weighted by Crippen LogP contribution is 2.43. The van der Waals surface area contributed by atoms with Gasteiger partial charge in [0.05, 0.1) is 27.7 Å². The number of esters is 2. The summed E-state index contributed by atoms with van der Waals surface area (Å²) in [6.07, 6.45) is 95.1. The number of nitrogens with zero attached hydrogens (tertiary/aromatic N) is 1. The van der Waals surface area contributed by atoms with Gasteiger partial charge in [-0.3, -0.25) is 18.6 Å². The van der Waals surface area contributed by atoms with Crippen molar-refractivity contribution in [1.29, 1.82) is 0 Å². The van der Waals surface area contributed by atoms with Crippen LogP contribution in [0.3, 0.4) is 0 Å². The van der Waals surface area contributed by atoms with Gasteiger partial charge in [0.1, 0.15) is 19.8 Å². The zero-order chi connectivity index (χ0) is 59.8. The van der Waals surface area contributed by atoms with Crippen molar-refractivity contribution >= 4 is 19.8 Å². The number of quaternary nitrogens is 1. The molecule has 9 nitrogen and oxygen atoms in total. The minimum absolute atomic E-state index is 0.00795. The van der Waals surface area contributed by atoms with Crippen LogP contribution in [0.2, 0.25) is 0 Å². The molecule has 2 atom stereocenters. The largest absolute Gasteiger partial charge is 0.472 e. The molecule has 458 valence electrons. The Balaban J connectivity index is 4.33. The third-order valence-electron chi connectivity index (χ3n) is 12.1. The van der Waals surface area contributed by atoms with E-state index in [2.05, 4.69) is 208 Å². The molecule has 0 aromatic heterocycles. The van der Waals surface area contributed by atoms with E-state index < -0.39 is 32.5 Å². The maximum Gasteiger partial charge on any atom is 0.472 e. The van der Waals surface area contributed by atoms with Gasteiger partial charge in [0.25, 0.3) is 0 Å². The Morgan fingerprint density at radius 1 is 0.378 bits per heavy atom. The summed E-state index contributed by atoms with van der Waals surface area (Å²) in [6, 6.07) is 0. The summed E-state index contributed by atoms with van der Waals surface area (Å²) in [7, 11) is 1.40. The summed E-state index contributed by atoms with van der Waals surface area (Å²) in [6.45, 7) is 4.10. The first-order valence-corrected chi connectivity index (χ1v) is 32.7. The van der Waals surface area contributed by atoms with Crippen LogP contribution < -0.4 is 0 Å². The second kappa shape index (κ2) is 60.4. The van der Waals surface area contributed by atoms with Crippen LogP contribution in [0.25, 0.3) is 0 Å². The predicted molar refractivity (Wildman–Crippen MR) is 352 cm³/mol. The number of carbonyl (C=O) groups is 2. The van der Waals surface area contributed by atoms with Crippen LogP contribution in [-0.2, 0) is 32.7 Å². The Hall–Kier alpha value is -5.15. The zero-order valence-electron chi connectivity index (χ0n) is 51.9. The molecule has 0 radical (unpaired) electrons. The van der Waals surface area contributed by atoms with Gasteiger partial charge in [-0.05, 0) is 141 Å². The summed E-state index contributed by atoms with van der Waals surface area (Å²) in [5.41, 5.74) is 0. The molecule has 0 aromatic rings. The van der Waals surface area contributed by atoms with Crippen molar-refractivity contribution in [3.63, 3.8) is 0 Å². The maximum atomic E-state index is 12.8. The highest BCUT2D eigenvalue weighted by atomic mass is 31.2. The number of ether oxygens (including phenoxy) is 2. The lowest BCUT2D eigenvalue weighted by Gasteiger charge is -2.24. The normalized spacial score (nSPS) is 14.6. The fourth-order valence-corrected chi connectivity index (χ4v) is 8.14. The minimum atomic E-state index is -4.42. The van der Waals surface area contributed by atoms with E-state index in [1.54, 1.807) is 0 Å². The summed E-state index contributed by atoms with van der Waals surface area (Å²) in [5.74, 6) is -0.885. The highest BCUT2D eigenvalue weighted by molar-refractivity contribution is 7.47. The third kappa shape index (κ3) is 64.0. The first-order chi connectivity index (χ1) is 40.0. The van der Waals surface area contributed by atoms with Gasteiger partial charge >= 0.3 is 19.8 Å². The molecule has 0 spiro atoms. The first-order valence-electron chi connectivity index (χ1n) is 31.2. The number of hydrogen-bond donors (Lipinski definition) is 1. The lowest BCUT2D eigenvalue weighted by molar-refractivity contribution is -0.870. The molecular weight excluding hydrogens is 1040 g/mol. The molecule has 0 heterocycles. The third-order valence-corrected chi connectivity index (χ3v) is 13.1.